The molecule has 0 radical (unpaired) electrons. The summed E-state index contributed by atoms with van der Waals surface area (Å²) in [6.45, 7) is 3.84. The minimum absolute atomic E-state index is 0.511. The van der Waals surface area contributed by atoms with Crippen LogP contribution in [-0.2, 0) is 17.7 Å². The van der Waals surface area contributed by atoms with Gasteiger partial charge < -0.3 is 10.1 Å². The maximum Gasteiger partial charge on any atom is 0.0926 e. The highest BCUT2D eigenvalue weighted by Gasteiger charge is 2.30. The maximum absolute atomic E-state index is 5.24. The van der Waals surface area contributed by atoms with Gasteiger partial charge in [0.15, 0.2) is 0 Å². The summed E-state index contributed by atoms with van der Waals surface area (Å²) in [4.78, 5) is 4.56. The first-order chi connectivity index (χ1) is 7.83. The van der Waals surface area contributed by atoms with Crippen molar-refractivity contribution in [3.8, 4) is 0 Å². The van der Waals surface area contributed by atoms with Crippen molar-refractivity contribution < 1.29 is 4.74 Å². The fourth-order valence-electron chi connectivity index (χ4n) is 1.87. The average molecular weight is 240 g/mol. The predicted molar refractivity (Wildman–Crippen MR) is 66.7 cm³/mol. The third-order valence-corrected chi connectivity index (χ3v) is 4.03. The first kappa shape index (κ1) is 12.0. The summed E-state index contributed by atoms with van der Waals surface area (Å²) < 4.78 is 5.24. The Labute approximate surface area is 101 Å². The summed E-state index contributed by atoms with van der Waals surface area (Å²) in [7, 11) is 1.77. The van der Waals surface area contributed by atoms with Crippen LogP contribution in [0.3, 0.4) is 0 Å². The zero-order valence-corrected chi connectivity index (χ0v) is 10.8. The van der Waals surface area contributed by atoms with Gasteiger partial charge in [-0.1, -0.05) is 6.92 Å². The zero-order valence-electron chi connectivity index (χ0n) is 10.0. The Morgan fingerprint density at radius 2 is 2.44 bits per heavy atom. The molecule has 1 aliphatic rings. The van der Waals surface area contributed by atoms with Crippen LogP contribution in [0.1, 0.15) is 30.5 Å². The number of aromatic nitrogens is 1. The van der Waals surface area contributed by atoms with Crippen LogP contribution in [0.2, 0.25) is 0 Å². The van der Waals surface area contributed by atoms with Crippen molar-refractivity contribution in [1.82, 2.24) is 10.3 Å². The van der Waals surface area contributed by atoms with Gasteiger partial charge in [-0.25, -0.2) is 4.98 Å². The zero-order chi connectivity index (χ0) is 11.4. The topological polar surface area (TPSA) is 34.2 Å². The van der Waals surface area contributed by atoms with Gasteiger partial charge in [0, 0.05) is 25.1 Å². The van der Waals surface area contributed by atoms with Crippen molar-refractivity contribution in [3.05, 3.63) is 16.1 Å². The molecule has 1 heterocycles. The highest BCUT2D eigenvalue weighted by atomic mass is 32.1. The Morgan fingerprint density at radius 1 is 1.62 bits per heavy atom. The largest absolute Gasteiger partial charge is 0.383 e. The smallest absolute Gasteiger partial charge is 0.0926 e. The van der Waals surface area contributed by atoms with Gasteiger partial charge in [-0.3, -0.25) is 0 Å². The molecule has 0 aliphatic heterocycles. The van der Waals surface area contributed by atoms with E-state index >= 15 is 0 Å². The molecule has 0 aromatic carbocycles. The first-order valence-corrected chi connectivity index (χ1v) is 6.87. The maximum atomic E-state index is 5.24. The second kappa shape index (κ2) is 5.75. The summed E-state index contributed by atoms with van der Waals surface area (Å²) >= 11 is 1.76. The Hall–Kier alpha value is -0.450. The molecular formula is C12H20N2OS. The van der Waals surface area contributed by atoms with Gasteiger partial charge in [0.1, 0.15) is 0 Å². The molecular weight excluding hydrogens is 220 g/mol. The highest BCUT2D eigenvalue weighted by molar-refractivity contribution is 7.09. The van der Waals surface area contributed by atoms with Crippen LogP contribution in [0.4, 0.5) is 0 Å². The lowest BCUT2D eigenvalue weighted by molar-refractivity contribution is 0.157. The van der Waals surface area contributed by atoms with E-state index in [-0.39, 0.29) is 0 Å². The van der Waals surface area contributed by atoms with Crippen LogP contribution in [-0.4, -0.2) is 24.7 Å². The molecule has 1 fully saturated rings. The molecule has 1 N–H and O–H groups in total. The first-order valence-electron chi connectivity index (χ1n) is 5.99. The highest BCUT2D eigenvalue weighted by Crippen LogP contribution is 2.32. The molecule has 1 aliphatic carbocycles. The molecule has 90 valence electrons. The van der Waals surface area contributed by atoms with Gasteiger partial charge in [-0.05, 0) is 25.2 Å². The number of thiazole rings is 1. The number of ether oxygens (including phenoxy) is 1. The number of hydrogen-bond donors (Lipinski definition) is 1. The molecule has 2 rings (SSSR count). The lowest BCUT2D eigenvalue weighted by Crippen LogP contribution is -2.34. The molecule has 3 nitrogen and oxygen atoms in total. The van der Waals surface area contributed by atoms with Gasteiger partial charge in [-0.15, -0.1) is 11.3 Å². The summed E-state index contributed by atoms with van der Waals surface area (Å²) in [5.74, 6) is 0.823. The van der Waals surface area contributed by atoms with E-state index in [2.05, 4.69) is 22.6 Å². The number of aryl methyl sites for hydroxylation is 1. The van der Waals surface area contributed by atoms with Gasteiger partial charge in [-0.2, -0.15) is 0 Å². The Morgan fingerprint density at radius 3 is 3.00 bits per heavy atom. The molecule has 1 aromatic heterocycles. The van der Waals surface area contributed by atoms with Crippen molar-refractivity contribution in [2.24, 2.45) is 5.92 Å². The van der Waals surface area contributed by atoms with Crippen LogP contribution in [0.25, 0.3) is 0 Å². The summed E-state index contributed by atoms with van der Waals surface area (Å²) in [5, 5.41) is 6.94. The normalized spacial score (nSPS) is 17.6. The Kier molecular flexibility index (Phi) is 4.32. The fraction of sp³-hybridized carbons (Fsp3) is 0.750. The van der Waals surface area contributed by atoms with Crippen LogP contribution in [0.5, 0.6) is 0 Å². The minimum atomic E-state index is 0.511. The molecule has 16 heavy (non-hydrogen) atoms. The van der Waals surface area contributed by atoms with Crippen molar-refractivity contribution in [3.63, 3.8) is 0 Å². The lowest BCUT2D eigenvalue weighted by Gasteiger charge is -2.16. The molecule has 4 heteroatoms. The molecule has 0 spiro atoms. The number of hydrogen-bond acceptors (Lipinski definition) is 4. The van der Waals surface area contributed by atoms with Gasteiger partial charge in [0.05, 0.1) is 17.3 Å². The predicted octanol–water partition coefficient (Wildman–Crippen LogP) is 2.22. The third kappa shape index (κ3) is 3.27. The molecule has 1 atom stereocenters. The van der Waals surface area contributed by atoms with Gasteiger partial charge in [0.2, 0.25) is 0 Å². The summed E-state index contributed by atoms with van der Waals surface area (Å²) in [5.41, 5.74) is 1.17. The average Bonchev–Trinajstić information content (AvgIpc) is 3.03. The molecule has 0 saturated heterocycles. The molecule has 1 unspecified atom stereocenters. The lowest BCUT2D eigenvalue weighted by atomic mass is 10.2. The van der Waals surface area contributed by atoms with Crippen LogP contribution < -0.4 is 5.32 Å². The van der Waals surface area contributed by atoms with E-state index < -0.39 is 0 Å². The second-order valence-electron chi connectivity index (χ2n) is 4.37. The standard InChI is InChI=1S/C12H20N2OS/c1-3-12-14-10(8-16-12)6-13-11(7-15-2)9-4-5-9/h8-9,11,13H,3-7H2,1-2H3. The fourth-order valence-corrected chi connectivity index (χ4v) is 2.61. The second-order valence-corrected chi connectivity index (χ2v) is 5.31. The van der Waals surface area contributed by atoms with Crippen molar-refractivity contribution in [2.75, 3.05) is 13.7 Å². The SMILES string of the molecule is CCc1nc(CNC(COC)C2CC2)cs1. The van der Waals surface area contributed by atoms with E-state index in [1.165, 1.54) is 23.5 Å². The molecule has 0 bridgehead atoms. The molecule has 1 saturated carbocycles. The monoisotopic (exact) mass is 240 g/mol. The van der Waals surface area contributed by atoms with E-state index in [4.69, 9.17) is 4.74 Å². The van der Waals surface area contributed by atoms with Crippen molar-refractivity contribution >= 4 is 11.3 Å². The van der Waals surface area contributed by atoms with E-state index in [1.807, 2.05) is 0 Å². The number of methoxy groups -OCH3 is 1. The van der Waals surface area contributed by atoms with E-state index in [0.29, 0.717) is 6.04 Å². The molecule has 1 aromatic rings. The van der Waals surface area contributed by atoms with Gasteiger partial charge >= 0.3 is 0 Å². The van der Waals surface area contributed by atoms with Crippen molar-refractivity contribution in [1.29, 1.82) is 0 Å². The van der Waals surface area contributed by atoms with Crippen LogP contribution in [0.15, 0.2) is 5.38 Å². The number of rotatable bonds is 7. The minimum Gasteiger partial charge on any atom is -0.383 e. The van der Waals surface area contributed by atoms with E-state index in [0.717, 1.165) is 25.5 Å². The van der Waals surface area contributed by atoms with E-state index in [1.54, 1.807) is 18.4 Å². The number of nitrogens with one attached hydrogen (secondary N) is 1. The van der Waals surface area contributed by atoms with Crippen LogP contribution in [0, 0.1) is 5.92 Å². The van der Waals surface area contributed by atoms with E-state index in [9.17, 15) is 0 Å². The Balaban J connectivity index is 1.80. The summed E-state index contributed by atoms with van der Waals surface area (Å²) in [6.07, 6.45) is 3.73. The van der Waals surface area contributed by atoms with Crippen LogP contribution >= 0.6 is 11.3 Å². The number of nitrogens with zero attached hydrogens (tertiary/aromatic N) is 1. The quantitative estimate of drug-likeness (QED) is 0.793. The molecule has 0 amide bonds. The van der Waals surface area contributed by atoms with Crippen molar-refractivity contribution in [2.45, 2.75) is 38.8 Å². The van der Waals surface area contributed by atoms with Gasteiger partial charge in [0.25, 0.3) is 0 Å². The third-order valence-electron chi connectivity index (χ3n) is 2.98. The Bertz CT molecular complexity index is 323. The summed E-state index contributed by atoms with van der Waals surface area (Å²) in [6, 6.07) is 0.511.